The van der Waals surface area contributed by atoms with E-state index < -0.39 is 22.5 Å². The summed E-state index contributed by atoms with van der Waals surface area (Å²) in [5.41, 5.74) is 3.51. The first-order valence-corrected chi connectivity index (χ1v) is 14.0. The molecule has 1 fully saturated rings. The number of hydrogen-bond acceptors (Lipinski definition) is 7. The van der Waals surface area contributed by atoms with Crippen LogP contribution in [0, 0.1) is 0 Å². The van der Waals surface area contributed by atoms with Crippen LogP contribution in [0.3, 0.4) is 0 Å². The van der Waals surface area contributed by atoms with Crippen molar-refractivity contribution in [2.75, 3.05) is 29.0 Å². The van der Waals surface area contributed by atoms with Crippen molar-refractivity contribution in [1.29, 1.82) is 0 Å². The normalized spacial score (nSPS) is 13.7. The summed E-state index contributed by atoms with van der Waals surface area (Å²) in [7, 11) is -4.00. The quantitative estimate of drug-likeness (QED) is 0.301. The molecule has 1 aliphatic rings. The lowest BCUT2D eigenvalue weighted by molar-refractivity contribution is -0.119. The average molecular weight is 526 g/mol. The van der Waals surface area contributed by atoms with Crippen molar-refractivity contribution in [1.82, 2.24) is 5.43 Å². The molecule has 1 N–H and O–H groups in total. The molecule has 3 aromatic carbocycles. The van der Waals surface area contributed by atoms with Crippen LogP contribution in [0.2, 0.25) is 0 Å². The second kappa shape index (κ2) is 12.0. The van der Waals surface area contributed by atoms with Gasteiger partial charge in [-0.1, -0.05) is 30.3 Å². The third-order valence-electron chi connectivity index (χ3n) is 5.23. The Kier molecular flexibility index (Phi) is 8.50. The number of ether oxygens (including phenoxy) is 2. The number of amides is 1. The number of hydrogen-bond donors (Lipinski definition) is 1. The smallest absolute Gasteiger partial charge is 0.264 e. The van der Waals surface area contributed by atoms with Gasteiger partial charge in [-0.3, -0.25) is 9.10 Å². The first-order valence-electron chi connectivity index (χ1n) is 11.4. The average Bonchev–Trinajstić information content (AvgIpc) is 2.86. The van der Waals surface area contributed by atoms with Crippen molar-refractivity contribution < 1.29 is 22.7 Å². The van der Waals surface area contributed by atoms with E-state index in [1.165, 1.54) is 18.3 Å². The van der Waals surface area contributed by atoms with Crippen molar-refractivity contribution in [2.45, 2.75) is 17.9 Å². The topological polar surface area (TPSA) is 97.3 Å². The highest BCUT2D eigenvalue weighted by atomic mass is 32.2. The SMILES string of the molecule is CCOc1ccc(N(CC(=O)N/N=C/c2cccc(OC3CSC3)c2)S(=O)(=O)c2ccccc2)cc1. The summed E-state index contributed by atoms with van der Waals surface area (Å²) in [4.78, 5) is 12.8. The van der Waals surface area contributed by atoms with Gasteiger partial charge >= 0.3 is 0 Å². The van der Waals surface area contributed by atoms with Crippen LogP contribution in [0.25, 0.3) is 0 Å². The Bertz CT molecular complexity index is 1290. The number of sulfonamides is 1. The molecular formula is C26H27N3O5S2. The summed E-state index contributed by atoms with van der Waals surface area (Å²) >= 11 is 1.84. The largest absolute Gasteiger partial charge is 0.494 e. The molecule has 0 saturated carbocycles. The number of benzene rings is 3. The lowest BCUT2D eigenvalue weighted by Gasteiger charge is -2.25. The van der Waals surface area contributed by atoms with E-state index in [4.69, 9.17) is 9.47 Å². The predicted molar refractivity (Wildman–Crippen MR) is 143 cm³/mol. The fourth-order valence-electron chi connectivity index (χ4n) is 3.40. The van der Waals surface area contributed by atoms with Gasteiger partial charge in [0, 0.05) is 11.5 Å². The fraction of sp³-hybridized carbons (Fsp3) is 0.231. The Morgan fingerprint density at radius 1 is 1.06 bits per heavy atom. The van der Waals surface area contributed by atoms with Gasteiger partial charge in [0.25, 0.3) is 15.9 Å². The third kappa shape index (κ3) is 6.58. The third-order valence-corrected chi connectivity index (χ3v) is 8.23. The molecule has 3 aromatic rings. The molecular weight excluding hydrogens is 498 g/mol. The van der Waals surface area contributed by atoms with Gasteiger partial charge in [0.1, 0.15) is 24.1 Å². The first-order chi connectivity index (χ1) is 17.5. The van der Waals surface area contributed by atoms with Crippen LogP contribution >= 0.6 is 11.8 Å². The minimum atomic E-state index is -4.00. The van der Waals surface area contributed by atoms with E-state index in [1.54, 1.807) is 42.5 Å². The van der Waals surface area contributed by atoms with Crippen molar-refractivity contribution in [2.24, 2.45) is 5.10 Å². The highest BCUT2D eigenvalue weighted by Gasteiger charge is 2.27. The molecule has 0 aliphatic carbocycles. The molecule has 0 atom stereocenters. The second-order valence-corrected chi connectivity index (χ2v) is 10.8. The van der Waals surface area contributed by atoms with Crippen molar-refractivity contribution in [3.63, 3.8) is 0 Å². The number of carbonyl (C=O) groups excluding carboxylic acids is 1. The first kappa shape index (κ1) is 25.6. The van der Waals surface area contributed by atoms with Gasteiger partial charge in [0.05, 0.1) is 23.4 Å². The Hall–Kier alpha value is -3.50. The van der Waals surface area contributed by atoms with Gasteiger partial charge in [0.2, 0.25) is 0 Å². The molecule has 188 valence electrons. The zero-order chi connectivity index (χ0) is 25.4. The van der Waals surface area contributed by atoms with Crippen LogP contribution in [0.1, 0.15) is 12.5 Å². The lowest BCUT2D eigenvalue weighted by Crippen LogP contribution is -2.39. The van der Waals surface area contributed by atoms with E-state index >= 15 is 0 Å². The number of anilines is 1. The highest BCUT2D eigenvalue weighted by Crippen LogP contribution is 2.26. The molecule has 8 nitrogen and oxygen atoms in total. The summed E-state index contributed by atoms with van der Waals surface area (Å²) < 4.78 is 39.2. The minimum Gasteiger partial charge on any atom is -0.494 e. The van der Waals surface area contributed by atoms with E-state index in [9.17, 15) is 13.2 Å². The lowest BCUT2D eigenvalue weighted by atomic mass is 10.2. The Labute approximate surface area is 215 Å². The molecule has 36 heavy (non-hydrogen) atoms. The number of rotatable bonds is 11. The van der Waals surface area contributed by atoms with E-state index in [2.05, 4.69) is 10.5 Å². The van der Waals surface area contributed by atoms with Gasteiger partial charge in [0.15, 0.2) is 0 Å². The Balaban J connectivity index is 1.47. The van der Waals surface area contributed by atoms with Crippen LogP contribution in [0.15, 0.2) is 88.9 Å². The Morgan fingerprint density at radius 3 is 2.47 bits per heavy atom. The zero-order valence-electron chi connectivity index (χ0n) is 19.7. The van der Waals surface area contributed by atoms with Gasteiger partial charge in [-0.2, -0.15) is 16.9 Å². The minimum absolute atomic E-state index is 0.0804. The van der Waals surface area contributed by atoms with Crippen molar-refractivity contribution in [3.8, 4) is 11.5 Å². The van der Waals surface area contributed by atoms with Crippen molar-refractivity contribution in [3.05, 3.63) is 84.4 Å². The van der Waals surface area contributed by atoms with Crippen LogP contribution in [-0.4, -0.2) is 51.3 Å². The summed E-state index contributed by atoms with van der Waals surface area (Å²) in [5, 5.41) is 4.01. The van der Waals surface area contributed by atoms with E-state index in [1.807, 2.05) is 43.0 Å². The maximum Gasteiger partial charge on any atom is 0.264 e. The van der Waals surface area contributed by atoms with E-state index in [0.717, 1.165) is 27.1 Å². The van der Waals surface area contributed by atoms with Gasteiger partial charge in [-0.25, -0.2) is 13.8 Å². The molecule has 10 heteroatoms. The molecule has 0 radical (unpaired) electrons. The van der Waals surface area contributed by atoms with Crippen molar-refractivity contribution >= 4 is 39.6 Å². The molecule has 4 rings (SSSR count). The predicted octanol–water partition coefficient (Wildman–Crippen LogP) is 3.93. The maximum atomic E-state index is 13.4. The monoisotopic (exact) mass is 525 g/mol. The summed E-state index contributed by atoms with van der Waals surface area (Å²) in [6.07, 6.45) is 1.72. The van der Waals surface area contributed by atoms with Crippen LogP contribution < -0.4 is 19.2 Å². The fourth-order valence-corrected chi connectivity index (χ4v) is 5.40. The standard InChI is InChI=1S/C26H27N3O5S2/c1-2-33-22-13-11-21(12-14-22)29(36(31,32)25-9-4-3-5-10-25)17-26(30)28-27-16-20-7-6-8-23(15-20)34-24-18-35-19-24/h3-16,24H,2,17-19H2,1H3,(H,28,30)/b27-16+. The number of carbonyl (C=O) groups is 1. The summed E-state index contributed by atoms with van der Waals surface area (Å²) in [6.45, 7) is 1.90. The molecule has 1 saturated heterocycles. The second-order valence-electron chi connectivity index (χ2n) is 7.89. The zero-order valence-corrected chi connectivity index (χ0v) is 21.4. The molecule has 0 spiro atoms. The molecule has 0 bridgehead atoms. The highest BCUT2D eigenvalue weighted by molar-refractivity contribution is 8.00. The molecule has 1 amide bonds. The number of nitrogens with one attached hydrogen (secondary N) is 1. The number of nitrogens with zero attached hydrogens (tertiary/aromatic N) is 2. The van der Waals surface area contributed by atoms with Crippen LogP contribution in [-0.2, 0) is 14.8 Å². The Morgan fingerprint density at radius 2 is 1.81 bits per heavy atom. The maximum absolute atomic E-state index is 13.4. The summed E-state index contributed by atoms with van der Waals surface area (Å²) in [5.74, 6) is 2.72. The number of hydrazone groups is 1. The summed E-state index contributed by atoms with van der Waals surface area (Å²) in [6, 6.07) is 21.9. The molecule has 0 unspecified atom stereocenters. The molecule has 1 heterocycles. The van der Waals surface area contributed by atoms with Gasteiger partial charge in [-0.15, -0.1) is 0 Å². The van der Waals surface area contributed by atoms with E-state index in [-0.39, 0.29) is 11.0 Å². The van der Waals surface area contributed by atoms with Gasteiger partial charge in [-0.05, 0) is 61.0 Å². The molecule has 0 aromatic heterocycles. The number of thioether (sulfide) groups is 1. The molecule has 1 aliphatic heterocycles. The van der Waals surface area contributed by atoms with Crippen LogP contribution in [0.4, 0.5) is 5.69 Å². The van der Waals surface area contributed by atoms with E-state index in [0.29, 0.717) is 18.0 Å². The van der Waals surface area contributed by atoms with Gasteiger partial charge < -0.3 is 9.47 Å². The van der Waals surface area contributed by atoms with Crippen LogP contribution in [0.5, 0.6) is 11.5 Å².